The minimum atomic E-state index is -0.949. The molecule has 11 nitrogen and oxygen atoms in total. The van der Waals surface area contributed by atoms with Crippen LogP contribution in [0.4, 0.5) is 0 Å². The van der Waals surface area contributed by atoms with E-state index in [2.05, 4.69) is 20.9 Å². The first kappa shape index (κ1) is 38.8. The quantitative estimate of drug-likeness (QED) is 0.182. The number of halogens is 1. The zero-order valence-electron chi connectivity index (χ0n) is 27.3. The molecule has 0 spiro atoms. The highest BCUT2D eigenvalue weighted by molar-refractivity contribution is 7.11. The third kappa shape index (κ3) is 11.5. The van der Waals surface area contributed by atoms with Crippen molar-refractivity contribution >= 4 is 53.2 Å². The van der Waals surface area contributed by atoms with E-state index in [0.29, 0.717) is 12.8 Å². The molecule has 2 aromatic rings. The van der Waals surface area contributed by atoms with Crippen LogP contribution < -0.4 is 16.0 Å². The lowest BCUT2D eigenvalue weighted by Crippen LogP contribution is -2.56. The fraction of sp³-hybridized carbons (Fsp3) is 0.576. The highest BCUT2D eigenvalue weighted by Gasteiger charge is 2.34. The van der Waals surface area contributed by atoms with Crippen LogP contribution in [0.25, 0.3) is 0 Å². The van der Waals surface area contributed by atoms with Crippen LogP contribution in [0.15, 0.2) is 35.7 Å². The van der Waals surface area contributed by atoms with Gasteiger partial charge in [-0.25, -0.2) is 4.98 Å². The number of thiazole rings is 1. The number of carbonyl (C=O) groups is 5. The standard InChI is InChI=1S/C33H47N5O6S.ClH/c1-6-21(4)29(37-31(43)26-13-10-16-38(26)5)32(44)35-24(20(2)3)18-27(39)33-36-25(19-45-33)30(42)34-23(14-15-28(40)41)17-22-11-8-7-9-12-22;/h7-9,11-12,19-21,23-24,26,29H,6,10,13-18H2,1-5H3,(H,34,42)(H,35,44)(H,37,43)(H,40,41);1H/t21-,23+,24+,26-,29-;/m0./s1. The van der Waals surface area contributed by atoms with Gasteiger partial charge in [0.15, 0.2) is 10.8 Å². The SMILES string of the molecule is CC[C@H](C)[C@H](NC(=O)[C@@H]1CCCN1C)C(=O)N[C@H](CC(=O)c1nc(C(=O)N[C@H](CCC(=O)O)Cc2ccccc2)cs1)C(C)C.Cl. The van der Waals surface area contributed by atoms with Crippen LogP contribution in [-0.4, -0.2) is 82.2 Å². The molecule has 1 aromatic heterocycles. The Labute approximate surface area is 281 Å². The molecule has 1 fully saturated rings. The van der Waals surface area contributed by atoms with Crippen molar-refractivity contribution in [2.24, 2.45) is 11.8 Å². The predicted octanol–water partition coefficient (Wildman–Crippen LogP) is 4.11. The third-order valence-corrected chi connectivity index (χ3v) is 9.38. The molecule has 254 valence electrons. The number of Topliss-reactive ketones (excluding diaryl/α,β-unsaturated/α-hetero) is 1. The molecule has 3 rings (SSSR count). The minimum Gasteiger partial charge on any atom is -0.481 e. The van der Waals surface area contributed by atoms with E-state index in [1.54, 1.807) is 0 Å². The summed E-state index contributed by atoms with van der Waals surface area (Å²) in [5.74, 6) is -2.40. The van der Waals surface area contributed by atoms with Crippen molar-refractivity contribution in [3.05, 3.63) is 52.0 Å². The summed E-state index contributed by atoms with van der Waals surface area (Å²) >= 11 is 1.06. The van der Waals surface area contributed by atoms with E-state index in [-0.39, 0.29) is 77.8 Å². The Morgan fingerprint density at radius 3 is 2.35 bits per heavy atom. The maximum atomic E-state index is 13.5. The van der Waals surface area contributed by atoms with Crippen LogP contribution in [0.5, 0.6) is 0 Å². The molecule has 0 radical (unpaired) electrons. The van der Waals surface area contributed by atoms with E-state index in [1.165, 1.54) is 5.38 Å². The molecule has 5 atom stereocenters. The molecular weight excluding hydrogens is 630 g/mol. The summed E-state index contributed by atoms with van der Waals surface area (Å²) in [6, 6.07) is 7.56. The van der Waals surface area contributed by atoms with Crippen LogP contribution >= 0.6 is 23.7 Å². The number of rotatable bonds is 17. The molecule has 1 aliphatic heterocycles. The predicted molar refractivity (Wildman–Crippen MR) is 180 cm³/mol. The van der Waals surface area contributed by atoms with E-state index in [1.807, 2.05) is 70.0 Å². The number of hydrogen-bond donors (Lipinski definition) is 4. The summed E-state index contributed by atoms with van der Waals surface area (Å²) in [5, 5.41) is 19.7. The maximum absolute atomic E-state index is 13.5. The van der Waals surface area contributed by atoms with Gasteiger partial charge in [-0.2, -0.15) is 0 Å². The van der Waals surface area contributed by atoms with Crippen molar-refractivity contribution in [1.29, 1.82) is 0 Å². The fourth-order valence-electron chi connectivity index (χ4n) is 5.39. The second-order valence-corrected chi connectivity index (χ2v) is 13.2. The van der Waals surface area contributed by atoms with Gasteiger partial charge in [-0.1, -0.05) is 64.4 Å². The smallest absolute Gasteiger partial charge is 0.303 e. The van der Waals surface area contributed by atoms with Crippen molar-refractivity contribution in [3.63, 3.8) is 0 Å². The maximum Gasteiger partial charge on any atom is 0.303 e. The fourth-order valence-corrected chi connectivity index (χ4v) is 6.14. The molecule has 2 heterocycles. The van der Waals surface area contributed by atoms with Crippen LogP contribution in [0.2, 0.25) is 0 Å². The normalized spacial score (nSPS) is 17.3. The zero-order valence-corrected chi connectivity index (χ0v) is 28.9. The van der Waals surface area contributed by atoms with Gasteiger partial charge in [0, 0.05) is 30.3 Å². The molecule has 4 N–H and O–H groups in total. The number of likely N-dealkylation sites (tertiary alicyclic amines) is 1. The lowest BCUT2D eigenvalue weighted by molar-refractivity contribution is -0.137. The molecule has 0 saturated carbocycles. The number of likely N-dealkylation sites (N-methyl/N-ethyl adjacent to an activating group) is 1. The van der Waals surface area contributed by atoms with Gasteiger partial charge in [0.2, 0.25) is 11.8 Å². The van der Waals surface area contributed by atoms with Gasteiger partial charge in [0.25, 0.3) is 5.91 Å². The average Bonchev–Trinajstić information content (AvgIpc) is 3.68. The molecule has 0 bridgehead atoms. The van der Waals surface area contributed by atoms with Gasteiger partial charge >= 0.3 is 5.97 Å². The lowest BCUT2D eigenvalue weighted by atomic mass is 9.94. The Morgan fingerprint density at radius 1 is 1.07 bits per heavy atom. The van der Waals surface area contributed by atoms with Gasteiger partial charge in [0.05, 0.1) is 6.04 Å². The van der Waals surface area contributed by atoms with Crippen LogP contribution in [-0.2, 0) is 20.8 Å². The average molecular weight is 678 g/mol. The second kappa shape index (κ2) is 18.7. The molecule has 46 heavy (non-hydrogen) atoms. The first-order valence-corrected chi connectivity index (χ1v) is 16.6. The summed E-state index contributed by atoms with van der Waals surface area (Å²) in [6.07, 6.45) is 2.98. The zero-order chi connectivity index (χ0) is 33.1. The second-order valence-electron chi connectivity index (χ2n) is 12.3. The van der Waals surface area contributed by atoms with Gasteiger partial charge in [-0.3, -0.25) is 28.9 Å². The third-order valence-electron chi connectivity index (χ3n) is 8.50. The van der Waals surface area contributed by atoms with Gasteiger partial charge < -0.3 is 21.1 Å². The first-order chi connectivity index (χ1) is 21.4. The van der Waals surface area contributed by atoms with E-state index in [0.717, 1.165) is 36.3 Å². The van der Waals surface area contributed by atoms with Crippen LogP contribution in [0, 0.1) is 11.8 Å². The topological polar surface area (TPSA) is 158 Å². The lowest BCUT2D eigenvalue weighted by Gasteiger charge is -2.29. The van der Waals surface area contributed by atoms with E-state index in [9.17, 15) is 24.0 Å². The largest absolute Gasteiger partial charge is 0.481 e. The first-order valence-electron chi connectivity index (χ1n) is 15.8. The molecule has 0 aliphatic carbocycles. The minimum absolute atomic E-state index is 0. The summed E-state index contributed by atoms with van der Waals surface area (Å²) < 4.78 is 0. The molecular formula is C33H48ClN5O6S. The molecule has 1 saturated heterocycles. The number of aromatic nitrogens is 1. The number of aliphatic carboxylic acids is 1. The number of hydrogen-bond acceptors (Lipinski definition) is 8. The molecule has 0 unspecified atom stereocenters. The van der Waals surface area contributed by atoms with Crippen molar-refractivity contribution in [2.45, 2.75) is 96.8 Å². The number of amides is 3. The number of nitrogens with zero attached hydrogens (tertiary/aromatic N) is 2. The Morgan fingerprint density at radius 2 is 1.76 bits per heavy atom. The molecule has 1 aromatic carbocycles. The number of carbonyl (C=O) groups excluding carboxylic acids is 4. The van der Waals surface area contributed by atoms with E-state index >= 15 is 0 Å². The number of carboxylic acid groups (broad SMARTS) is 1. The molecule has 3 amide bonds. The molecule has 1 aliphatic rings. The van der Waals surface area contributed by atoms with Crippen molar-refractivity contribution in [1.82, 2.24) is 25.8 Å². The van der Waals surface area contributed by atoms with Crippen molar-refractivity contribution in [2.75, 3.05) is 13.6 Å². The Balaban J connectivity index is 0.00000736. The highest BCUT2D eigenvalue weighted by Crippen LogP contribution is 2.19. The number of benzene rings is 1. The summed E-state index contributed by atoms with van der Waals surface area (Å²) in [7, 11) is 1.91. The van der Waals surface area contributed by atoms with Crippen molar-refractivity contribution < 1.29 is 29.1 Å². The van der Waals surface area contributed by atoms with Crippen LogP contribution in [0.1, 0.15) is 92.1 Å². The molecule has 13 heteroatoms. The number of carboxylic acids is 1. The Hall–Kier alpha value is -3.35. The number of nitrogens with one attached hydrogen (secondary N) is 3. The van der Waals surface area contributed by atoms with Gasteiger partial charge in [-0.05, 0) is 56.7 Å². The monoisotopic (exact) mass is 677 g/mol. The van der Waals surface area contributed by atoms with Crippen molar-refractivity contribution in [3.8, 4) is 0 Å². The summed E-state index contributed by atoms with van der Waals surface area (Å²) in [4.78, 5) is 70.3. The Kier molecular flexibility index (Phi) is 15.8. The van der Waals surface area contributed by atoms with Gasteiger partial charge in [0.1, 0.15) is 11.7 Å². The number of ketones is 1. The summed E-state index contributed by atoms with van der Waals surface area (Å²) in [6.45, 7) is 8.55. The van der Waals surface area contributed by atoms with E-state index in [4.69, 9.17) is 5.11 Å². The van der Waals surface area contributed by atoms with Crippen LogP contribution in [0.3, 0.4) is 0 Å². The van der Waals surface area contributed by atoms with Gasteiger partial charge in [-0.15, -0.1) is 23.7 Å². The highest BCUT2D eigenvalue weighted by atomic mass is 35.5. The Bertz CT molecular complexity index is 1320. The van der Waals surface area contributed by atoms with E-state index < -0.39 is 30.0 Å². The summed E-state index contributed by atoms with van der Waals surface area (Å²) in [5.41, 5.74) is 1.04.